The summed E-state index contributed by atoms with van der Waals surface area (Å²) in [7, 11) is 0. The molecule has 24 heavy (non-hydrogen) atoms. The highest BCUT2D eigenvalue weighted by Crippen LogP contribution is 2.37. The maximum atomic E-state index is 13.0. The summed E-state index contributed by atoms with van der Waals surface area (Å²) in [6.45, 7) is 9.41. The van der Waals surface area contributed by atoms with Gasteiger partial charge >= 0.3 is 0 Å². The topological polar surface area (TPSA) is 53.2 Å². The van der Waals surface area contributed by atoms with Gasteiger partial charge in [0, 0.05) is 17.8 Å². The molecule has 1 aliphatic carbocycles. The van der Waals surface area contributed by atoms with Gasteiger partial charge in [0.15, 0.2) is 11.6 Å². The highest BCUT2D eigenvalue weighted by molar-refractivity contribution is 6.05. The Morgan fingerprint density at radius 2 is 1.79 bits per heavy atom. The van der Waals surface area contributed by atoms with Crippen LogP contribution in [0.2, 0.25) is 0 Å². The standard InChI is InChI=1S/C20H30N2O2/c1-12-18(15(4)23)13(2)21-19(12)20(24)14(3)22-10-9-16-7-5-6-8-17(16)11-22/h14,16-17,21H,5-11H2,1-4H3/t14-,16+,17-/m1/s1. The Hall–Kier alpha value is -1.42. The van der Waals surface area contributed by atoms with Crippen LogP contribution in [0.4, 0.5) is 0 Å². The van der Waals surface area contributed by atoms with Gasteiger partial charge in [0.25, 0.3) is 0 Å². The van der Waals surface area contributed by atoms with Gasteiger partial charge in [-0.1, -0.05) is 19.3 Å². The first-order valence-corrected chi connectivity index (χ1v) is 9.38. The number of Topliss-reactive ketones (excluding diaryl/α,β-unsaturated/α-hetero) is 2. The monoisotopic (exact) mass is 330 g/mol. The lowest BCUT2D eigenvalue weighted by Gasteiger charge is -2.43. The number of aromatic nitrogens is 1. The van der Waals surface area contributed by atoms with Crippen LogP contribution in [-0.2, 0) is 0 Å². The fourth-order valence-electron chi connectivity index (χ4n) is 4.88. The number of nitrogens with one attached hydrogen (secondary N) is 1. The van der Waals surface area contributed by atoms with E-state index in [2.05, 4.69) is 9.88 Å². The van der Waals surface area contributed by atoms with E-state index in [-0.39, 0.29) is 17.6 Å². The van der Waals surface area contributed by atoms with Crippen LogP contribution >= 0.6 is 0 Å². The zero-order valence-corrected chi connectivity index (χ0v) is 15.4. The summed E-state index contributed by atoms with van der Waals surface area (Å²) in [5, 5.41) is 0. The van der Waals surface area contributed by atoms with Crippen LogP contribution in [0.5, 0.6) is 0 Å². The quantitative estimate of drug-likeness (QED) is 0.851. The Bertz CT molecular complexity index is 646. The smallest absolute Gasteiger partial charge is 0.196 e. The van der Waals surface area contributed by atoms with Gasteiger partial charge in [0.05, 0.1) is 11.7 Å². The van der Waals surface area contributed by atoms with Crippen LogP contribution in [0.3, 0.4) is 0 Å². The van der Waals surface area contributed by atoms with E-state index in [1.807, 2.05) is 20.8 Å². The largest absolute Gasteiger partial charge is 0.355 e. The van der Waals surface area contributed by atoms with Gasteiger partial charge in [-0.3, -0.25) is 14.5 Å². The third-order valence-corrected chi connectivity index (χ3v) is 6.29. The lowest BCUT2D eigenvalue weighted by Crippen LogP contribution is -2.48. The molecule has 2 aliphatic rings. The molecular weight excluding hydrogens is 300 g/mol. The first kappa shape index (κ1) is 17.4. The Morgan fingerprint density at radius 1 is 1.12 bits per heavy atom. The fourth-order valence-corrected chi connectivity index (χ4v) is 4.88. The molecule has 1 saturated carbocycles. The van der Waals surface area contributed by atoms with Crippen molar-refractivity contribution in [3.8, 4) is 0 Å². The SMILES string of the molecule is CC(=O)c1c(C)[nH]c(C(=O)[C@@H](C)N2CC[C@@H]3CCCC[C@@H]3C2)c1C. The van der Waals surface area contributed by atoms with Crippen molar-refractivity contribution in [2.24, 2.45) is 11.8 Å². The number of hydrogen-bond acceptors (Lipinski definition) is 3. The molecule has 3 rings (SSSR count). The van der Waals surface area contributed by atoms with Crippen LogP contribution in [0, 0.1) is 25.7 Å². The molecule has 1 aromatic rings. The molecule has 4 heteroatoms. The van der Waals surface area contributed by atoms with Crippen molar-refractivity contribution in [1.29, 1.82) is 0 Å². The number of aryl methyl sites for hydroxylation is 1. The highest BCUT2D eigenvalue weighted by atomic mass is 16.1. The molecule has 1 N–H and O–H groups in total. The van der Waals surface area contributed by atoms with Crippen LogP contribution in [-0.4, -0.2) is 40.6 Å². The highest BCUT2D eigenvalue weighted by Gasteiger charge is 2.35. The second kappa shape index (κ2) is 6.83. The molecule has 1 saturated heterocycles. The number of piperidine rings is 1. The molecule has 132 valence electrons. The zero-order chi connectivity index (χ0) is 17.4. The van der Waals surface area contributed by atoms with E-state index >= 15 is 0 Å². The third-order valence-electron chi connectivity index (χ3n) is 6.29. The maximum absolute atomic E-state index is 13.0. The number of rotatable bonds is 4. The first-order valence-electron chi connectivity index (χ1n) is 9.38. The average molecular weight is 330 g/mol. The van der Waals surface area contributed by atoms with E-state index in [4.69, 9.17) is 0 Å². The predicted molar refractivity (Wildman–Crippen MR) is 95.7 cm³/mol. The number of nitrogens with zero attached hydrogens (tertiary/aromatic N) is 1. The molecule has 0 aromatic carbocycles. The van der Waals surface area contributed by atoms with Gasteiger partial charge in [-0.2, -0.15) is 0 Å². The van der Waals surface area contributed by atoms with Crippen molar-refractivity contribution < 1.29 is 9.59 Å². The summed E-state index contributed by atoms with van der Waals surface area (Å²) in [6.07, 6.45) is 6.64. The number of hydrogen-bond donors (Lipinski definition) is 1. The lowest BCUT2D eigenvalue weighted by atomic mass is 9.75. The summed E-state index contributed by atoms with van der Waals surface area (Å²) in [5.74, 6) is 1.78. The Balaban J connectivity index is 1.75. The van der Waals surface area contributed by atoms with Gasteiger partial charge in [0.1, 0.15) is 0 Å². The molecule has 1 aromatic heterocycles. The van der Waals surface area contributed by atoms with E-state index in [9.17, 15) is 9.59 Å². The minimum Gasteiger partial charge on any atom is -0.355 e. The van der Waals surface area contributed by atoms with E-state index in [0.29, 0.717) is 11.3 Å². The molecule has 2 fully saturated rings. The molecule has 0 radical (unpaired) electrons. The number of likely N-dealkylation sites (tertiary alicyclic amines) is 1. The molecule has 4 nitrogen and oxygen atoms in total. The van der Waals surface area contributed by atoms with Crippen molar-refractivity contribution in [2.75, 3.05) is 13.1 Å². The average Bonchev–Trinajstić information content (AvgIpc) is 2.87. The van der Waals surface area contributed by atoms with E-state index in [1.54, 1.807) is 6.92 Å². The van der Waals surface area contributed by atoms with Gasteiger partial charge in [-0.15, -0.1) is 0 Å². The normalized spacial score (nSPS) is 26.0. The lowest BCUT2D eigenvalue weighted by molar-refractivity contribution is 0.0515. The second-order valence-corrected chi connectivity index (χ2v) is 7.81. The van der Waals surface area contributed by atoms with Gasteiger partial charge in [-0.05, 0) is 64.5 Å². The summed E-state index contributed by atoms with van der Waals surface area (Å²) in [4.78, 5) is 30.4. The third kappa shape index (κ3) is 3.08. The second-order valence-electron chi connectivity index (χ2n) is 7.81. The molecule has 2 heterocycles. The summed E-state index contributed by atoms with van der Waals surface area (Å²) in [5.41, 5.74) is 2.92. The van der Waals surface area contributed by atoms with E-state index in [0.717, 1.165) is 36.2 Å². The number of ketones is 2. The Labute approximate surface area is 145 Å². The van der Waals surface area contributed by atoms with Gasteiger partial charge in [-0.25, -0.2) is 0 Å². The molecule has 3 atom stereocenters. The van der Waals surface area contributed by atoms with Crippen LogP contribution in [0.1, 0.15) is 78.1 Å². The van der Waals surface area contributed by atoms with Crippen LogP contribution in [0.15, 0.2) is 0 Å². The molecule has 0 amide bonds. The first-order chi connectivity index (χ1) is 11.4. The van der Waals surface area contributed by atoms with Crippen molar-refractivity contribution >= 4 is 11.6 Å². The molecule has 0 unspecified atom stereocenters. The minimum atomic E-state index is -0.121. The van der Waals surface area contributed by atoms with Crippen molar-refractivity contribution in [1.82, 2.24) is 9.88 Å². The van der Waals surface area contributed by atoms with Crippen molar-refractivity contribution in [3.05, 3.63) is 22.5 Å². The predicted octanol–water partition coefficient (Wildman–Crippen LogP) is 3.92. The van der Waals surface area contributed by atoms with E-state index in [1.165, 1.54) is 32.1 Å². The van der Waals surface area contributed by atoms with Crippen molar-refractivity contribution in [2.45, 2.75) is 65.8 Å². The number of fused-ring (bicyclic) bond motifs is 1. The molecule has 0 spiro atoms. The van der Waals surface area contributed by atoms with E-state index < -0.39 is 0 Å². The minimum absolute atomic E-state index is 0.0240. The van der Waals surface area contributed by atoms with Gasteiger partial charge < -0.3 is 4.98 Å². The van der Waals surface area contributed by atoms with Crippen LogP contribution in [0.25, 0.3) is 0 Å². The molecular formula is C20H30N2O2. The Morgan fingerprint density at radius 3 is 2.42 bits per heavy atom. The molecule has 1 aliphatic heterocycles. The fraction of sp³-hybridized carbons (Fsp3) is 0.700. The number of carbonyl (C=O) groups excluding carboxylic acids is 2. The Kier molecular flexibility index (Phi) is 4.95. The number of H-pyrrole nitrogens is 1. The van der Waals surface area contributed by atoms with Crippen LogP contribution < -0.4 is 0 Å². The van der Waals surface area contributed by atoms with Crippen molar-refractivity contribution in [3.63, 3.8) is 0 Å². The molecule has 0 bridgehead atoms. The van der Waals surface area contributed by atoms with Gasteiger partial charge in [0.2, 0.25) is 0 Å². The maximum Gasteiger partial charge on any atom is 0.196 e. The summed E-state index contributed by atoms with van der Waals surface area (Å²) in [6, 6.07) is -0.121. The number of aromatic amines is 1. The zero-order valence-electron chi connectivity index (χ0n) is 15.4. The summed E-state index contributed by atoms with van der Waals surface area (Å²) >= 11 is 0. The number of carbonyl (C=O) groups is 2. The summed E-state index contributed by atoms with van der Waals surface area (Å²) < 4.78 is 0.